The Labute approximate surface area is 191 Å². The summed E-state index contributed by atoms with van der Waals surface area (Å²) in [6.07, 6.45) is 0.137. The van der Waals surface area contributed by atoms with Crippen LogP contribution < -0.4 is 5.32 Å². The topological polar surface area (TPSA) is 39.7 Å². The van der Waals surface area contributed by atoms with Crippen molar-refractivity contribution in [3.05, 3.63) is 0 Å². The molecule has 4 nitrogen and oxygen atoms in total. The van der Waals surface area contributed by atoms with E-state index < -0.39 is 25.0 Å². The monoisotopic (exact) mass is 475 g/mol. The summed E-state index contributed by atoms with van der Waals surface area (Å²) in [5.74, 6) is 0. The Morgan fingerprint density at radius 2 is 1.07 bits per heavy atom. The molecule has 1 rings (SSSR count). The molecule has 0 saturated carbocycles. The first-order chi connectivity index (χ1) is 13.0. The number of nitrogens with one attached hydrogen (secondary N) is 1. The van der Waals surface area contributed by atoms with E-state index in [1.54, 1.807) is 0 Å². The van der Waals surface area contributed by atoms with Crippen molar-refractivity contribution in [3.63, 3.8) is 0 Å². The predicted octanol–water partition coefficient (Wildman–Crippen LogP) is 6.76. The van der Waals surface area contributed by atoms with Gasteiger partial charge >= 0.3 is 0 Å². The summed E-state index contributed by atoms with van der Waals surface area (Å²) in [5.41, 5.74) is 0. The third-order valence-electron chi connectivity index (χ3n) is 8.26. The second-order valence-corrected chi connectivity index (χ2v) is 28.2. The lowest BCUT2D eigenvalue weighted by molar-refractivity contribution is 0.0446. The summed E-state index contributed by atoms with van der Waals surface area (Å²) in [5, 5.41) is 4.28. The van der Waals surface area contributed by atoms with Gasteiger partial charge in [-0.15, -0.1) is 0 Å². The Balaban J connectivity index is 3.11. The maximum Gasteiger partial charge on any atom is 0.192 e. The second-order valence-electron chi connectivity index (χ2n) is 13.8. The van der Waals surface area contributed by atoms with Gasteiger partial charge in [0.2, 0.25) is 0 Å². The molecule has 0 amide bonds. The number of hydrogen-bond donors (Lipinski definition) is 1. The van der Waals surface area contributed by atoms with Gasteiger partial charge in [0, 0.05) is 6.54 Å². The number of hydrogen-bond acceptors (Lipinski definition) is 4. The van der Waals surface area contributed by atoms with Crippen molar-refractivity contribution in [2.24, 2.45) is 0 Å². The smallest absolute Gasteiger partial charge is 0.192 e. The van der Waals surface area contributed by atoms with Crippen LogP contribution in [0.2, 0.25) is 54.4 Å². The molecule has 0 aromatic rings. The molecule has 1 N–H and O–H groups in total. The fourth-order valence-electron chi connectivity index (χ4n) is 2.77. The quantitative estimate of drug-likeness (QED) is 0.413. The Kier molecular flexibility index (Phi) is 8.58. The number of rotatable bonds is 7. The lowest BCUT2D eigenvalue weighted by atomic mass is 10.1. The molecule has 0 radical (unpaired) electrons. The van der Waals surface area contributed by atoms with Crippen molar-refractivity contribution in [2.75, 3.05) is 13.2 Å². The highest BCUT2D eigenvalue weighted by atomic mass is 28.4. The minimum Gasteiger partial charge on any atom is -0.415 e. The van der Waals surface area contributed by atoms with Gasteiger partial charge in [0.15, 0.2) is 25.0 Å². The largest absolute Gasteiger partial charge is 0.415 e. The maximum absolute atomic E-state index is 7.01. The van der Waals surface area contributed by atoms with Crippen molar-refractivity contribution in [3.8, 4) is 0 Å². The molecule has 0 bridgehead atoms. The zero-order valence-corrected chi connectivity index (χ0v) is 25.9. The van der Waals surface area contributed by atoms with Crippen LogP contribution >= 0.6 is 0 Å². The van der Waals surface area contributed by atoms with E-state index in [4.69, 9.17) is 13.3 Å². The average Bonchev–Trinajstić information content (AvgIpc) is 2.82. The van der Waals surface area contributed by atoms with Crippen molar-refractivity contribution in [1.82, 2.24) is 5.32 Å². The third-order valence-corrected chi connectivity index (χ3v) is 21.7. The summed E-state index contributed by atoms with van der Waals surface area (Å²) in [4.78, 5) is 0. The predicted molar refractivity (Wildman–Crippen MR) is 139 cm³/mol. The maximum atomic E-state index is 7.01. The van der Waals surface area contributed by atoms with Crippen molar-refractivity contribution < 1.29 is 13.3 Å². The first-order valence-corrected chi connectivity index (χ1v) is 20.5. The van der Waals surface area contributed by atoms with Gasteiger partial charge in [0.1, 0.15) is 0 Å². The van der Waals surface area contributed by atoms with Gasteiger partial charge in [-0.3, -0.25) is 0 Å². The molecule has 0 spiro atoms. The first kappa shape index (κ1) is 28.5. The molecule has 1 heterocycles. The van der Waals surface area contributed by atoms with Crippen LogP contribution in [0.1, 0.15) is 62.3 Å². The fraction of sp³-hybridized carbons (Fsp3) is 1.00. The van der Waals surface area contributed by atoms with Crippen LogP contribution in [0.15, 0.2) is 0 Å². The van der Waals surface area contributed by atoms with E-state index in [9.17, 15) is 0 Å². The Bertz CT molecular complexity index is 572. The summed E-state index contributed by atoms with van der Waals surface area (Å²) >= 11 is 0. The Hall–Kier alpha value is 0.491. The fourth-order valence-corrected chi connectivity index (χ4v) is 6.47. The highest BCUT2D eigenvalue weighted by Crippen LogP contribution is 2.42. The van der Waals surface area contributed by atoms with Crippen LogP contribution in [0, 0.1) is 0 Å². The molecule has 0 aromatic carbocycles. The molecule has 0 aromatic heterocycles. The molecule has 0 aliphatic carbocycles. The van der Waals surface area contributed by atoms with Gasteiger partial charge in [-0.25, -0.2) is 0 Å². The molecule has 30 heavy (non-hydrogen) atoms. The molecule has 3 atom stereocenters. The van der Waals surface area contributed by atoms with E-state index in [0.717, 1.165) is 6.54 Å². The first-order valence-electron chi connectivity index (χ1n) is 11.7. The minimum absolute atomic E-state index is 0.0461. The van der Waals surface area contributed by atoms with Crippen molar-refractivity contribution >= 4 is 25.0 Å². The van der Waals surface area contributed by atoms with Crippen LogP contribution in [0.25, 0.3) is 0 Å². The van der Waals surface area contributed by atoms with Crippen LogP contribution in [-0.4, -0.2) is 56.4 Å². The molecule has 1 saturated heterocycles. The molecule has 1 aliphatic heterocycles. The zero-order chi connectivity index (χ0) is 24.0. The molecule has 0 unspecified atom stereocenters. The SMILES string of the molecule is CC(C)(C)[Si](C)(C)OC[C@@H]1NC[C@H](O[Si](C)(C)C(C)(C)C)[C@H]1O[Si](C)(C)C(C)(C)C. The lowest BCUT2D eigenvalue weighted by Gasteiger charge is -2.44. The van der Waals surface area contributed by atoms with Gasteiger partial charge in [0.25, 0.3) is 0 Å². The van der Waals surface area contributed by atoms with E-state index in [1.165, 1.54) is 0 Å². The molecule has 7 heteroatoms. The van der Waals surface area contributed by atoms with Gasteiger partial charge in [0.05, 0.1) is 24.9 Å². The minimum atomic E-state index is -1.94. The lowest BCUT2D eigenvalue weighted by Crippen LogP contribution is -2.54. The summed E-state index contributed by atoms with van der Waals surface area (Å²) in [6.45, 7) is 36.3. The summed E-state index contributed by atoms with van der Waals surface area (Å²) in [7, 11) is -5.64. The molecular weight excluding hydrogens is 423 g/mol. The second kappa shape index (κ2) is 9.03. The molecule has 1 aliphatic rings. The zero-order valence-electron chi connectivity index (χ0n) is 22.9. The molecular formula is C23H53NO3Si3. The summed E-state index contributed by atoms with van der Waals surface area (Å²) in [6, 6.07) is 0.183. The third kappa shape index (κ3) is 6.75. The van der Waals surface area contributed by atoms with Gasteiger partial charge in [-0.05, 0) is 54.4 Å². The Morgan fingerprint density at radius 1 is 0.667 bits per heavy atom. The van der Waals surface area contributed by atoms with Gasteiger partial charge in [-0.2, -0.15) is 0 Å². The van der Waals surface area contributed by atoms with E-state index in [1.807, 2.05) is 0 Å². The highest BCUT2D eigenvalue weighted by molar-refractivity contribution is 6.75. The van der Waals surface area contributed by atoms with Crippen molar-refractivity contribution in [1.29, 1.82) is 0 Å². The Morgan fingerprint density at radius 3 is 1.47 bits per heavy atom. The van der Waals surface area contributed by atoms with E-state index in [-0.39, 0.29) is 33.4 Å². The standard InChI is InChI=1S/C23H53NO3Si3/c1-21(2,3)28(10,11)25-17-18-20(27-30(14,15)23(7,8)9)19(16-24-18)26-29(12,13)22(4,5)6/h18-20,24H,16-17H2,1-15H3/t18-,19-,20-/m0/s1. The van der Waals surface area contributed by atoms with E-state index in [0.29, 0.717) is 6.61 Å². The van der Waals surface area contributed by atoms with E-state index in [2.05, 4.69) is 107 Å². The van der Waals surface area contributed by atoms with Crippen molar-refractivity contribution in [2.45, 2.75) is 135 Å². The summed E-state index contributed by atoms with van der Waals surface area (Å²) < 4.78 is 20.5. The highest BCUT2D eigenvalue weighted by Gasteiger charge is 2.49. The molecule has 180 valence electrons. The van der Waals surface area contributed by atoms with Crippen LogP contribution in [0.5, 0.6) is 0 Å². The van der Waals surface area contributed by atoms with Crippen LogP contribution in [0.4, 0.5) is 0 Å². The van der Waals surface area contributed by atoms with Gasteiger partial charge in [-0.1, -0.05) is 62.3 Å². The molecule has 1 fully saturated rings. The van der Waals surface area contributed by atoms with Gasteiger partial charge < -0.3 is 18.6 Å². The van der Waals surface area contributed by atoms with E-state index >= 15 is 0 Å². The van der Waals surface area contributed by atoms with Crippen LogP contribution in [-0.2, 0) is 13.3 Å². The average molecular weight is 476 g/mol. The normalized spacial score (nSPS) is 25.1. The van der Waals surface area contributed by atoms with Crippen LogP contribution in [0.3, 0.4) is 0 Å².